The molecule has 1 saturated heterocycles. The van der Waals surface area contributed by atoms with Gasteiger partial charge in [0.1, 0.15) is 5.57 Å². The normalized spacial score (nSPS) is 15.2. The molecule has 2 aromatic rings. The highest BCUT2D eigenvalue weighted by molar-refractivity contribution is 7.80. The molecule has 160 valence electrons. The minimum Gasteiger partial charge on any atom is -0.493 e. The van der Waals surface area contributed by atoms with Gasteiger partial charge in [-0.3, -0.25) is 29.9 Å². The number of hydrogen-bond donors (Lipinski definition) is 1. The third kappa shape index (κ3) is 4.31. The van der Waals surface area contributed by atoms with Crippen LogP contribution < -0.4 is 19.7 Å². The minimum atomic E-state index is -0.819. The van der Waals surface area contributed by atoms with Crippen LogP contribution in [0.4, 0.5) is 11.4 Å². The molecule has 1 aliphatic rings. The molecule has 1 heterocycles. The molecule has 0 spiro atoms. The van der Waals surface area contributed by atoms with Gasteiger partial charge in [0, 0.05) is 5.02 Å². The number of halogens is 2. The first-order valence-corrected chi connectivity index (χ1v) is 9.61. The van der Waals surface area contributed by atoms with Crippen molar-refractivity contribution in [3.05, 3.63) is 61.6 Å². The van der Waals surface area contributed by atoms with E-state index in [1.54, 1.807) is 0 Å². The van der Waals surface area contributed by atoms with E-state index in [0.29, 0.717) is 5.02 Å². The number of nitro benzene ring substituents is 1. The maximum atomic E-state index is 13.1. The highest BCUT2D eigenvalue weighted by atomic mass is 35.5. The van der Waals surface area contributed by atoms with E-state index in [1.807, 2.05) is 0 Å². The number of amides is 2. The zero-order valence-corrected chi connectivity index (χ0v) is 18.3. The van der Waals surface area contributed by atoms with Crippen LogP contribution in [-0.4, -0.2) is 36.1 Å². The second-order valence-electron chi connectivity index (χ2n) is 6.08. The number of anilines is 1. The van der Waals surface area contributed by atoms with Crippen molar-refractivity contribution in [2.45, 2.75) is 0 Å². The number of carbonyl (C=O) groups is 2. The van der Waals surface area contributed by atoms with Crippen molar-refractivity contribution >= 4 is 69.8 Å². The van der Waals surface area contributed by atoms with Gasteiger partial charge in [-0.25, -0.2) is 0 Å². The van der Waals surface area contributed by atoms with Crippen LogP contribution in [0.5, 0.6) is 11.5 Å². The average Bonchev–Trinajstić information content (AvgIpc) is 2.71. The van der Waals surface area contributed by atoms with E-state index in [-0.39, 0.29) is 32.9 Å². The molecular formula is C19H13Cl2N3O6S. The lowest BCUT2D eigenvalue weighted by Gasteiger charge is -2.29. The van der Waals surface area contributed by atoms with Gasteiger partial charge in [0.2, 0.25) is 0 Å². The highest BCUT2D eigenvalue weighted by Crippen LogP contribution is 2.36. The molecule has 3 rings (SSSR count). The second kappa shape index (κ2) is 8.88. The fourth-order valence-electron chi connectivity index (χ4n) is 2.85. The summed E-state index contributed by atoms with van der Waals surface area (Å²) in [5.41, 5.74) is -0.644. The van der Waals surface area contributed by atoms with Gasteiger partial charge in [0.05, 0.1) is 41.5 Å². The van der Waals surface area contributed by atoms with Crippen LogP contribution in [0.25, 0.3) is 6.08 Å². The van der Waals surface area contributed by atoms with Crippen LogP contribution in [0.3, 0.4) is 0 Å². The van der Waals surface area contributed by atoms with Crippen LogP contribution in [0.15, 0.2) is 35.9 Å². The van der Waals surface area contributed by atoms with Gasteiger partial charge in [-0.15, -0.1) is 0 Å². The average molecular weight is 482 g/mol. The summed E-state index contributed by atoms with van der Waals surface area (Å²) in [6.45, 7) is 0. The maximum Gasteiger partial charge on any atom is 0.280 e. The lowest BCUT2D eigenvalue weighted by molar-refractivity contribution is -0.385. The summed E-state index contributed by atoms with van der Waals surface area (Å²) in [5, 5.41) is 14.2. The fraction of sp³-hybridized carbons (Fsp3) is 0.105. The van der Waals surface area contributed by atoms with Crippen molar-refractivity contribution in [1.29, 1.82) is 0 Å². The molecule has 0 aliphatic carbocycles. The summed E-state index contributed by atoms with van der Waals surface area (Å²) in [5.74, 6) is -1.34. The number of methoxy groups -OCH3 is 2. The van der Waals surface area contributed by atoms with Crippen molar-refractivity contribution in [3.8, 4) is 11.5 Å². The number of benzene rings is 2. The molecular weight excluding hydrogens is 469 g/mol. The Morgan fingerprint density at radius 3 is 2.35 bits per heavy atom. The Balaban J connectivity index is 2.15. The van der Waals surface area contributed by atoms with Crippen LogP contribution in [-0.2, 0) is 9.59 Å². The smallest absolute Gasteiger partial charge is 0.280 e. The molecule has 1 aliphatic heterocycles. The molecule has 1 N–H and O–H groups in total. The van der Waals surface area contributed by atoms with Gasteiger partial charge in [-0.05, 0) is 42.6 Å². The molecule has 0 saturated carbocycles. The van der Waals surface area contributed by atoms with Crippen molar-refractivity contribution in [2.24, 2.45) is 0 Å². The Hall–Kier alpha value is -3.21. The number of nitrogens with zero attached hydrogens (tertiary/aromatic N) is 2. The van der Waals surface area contributed by atoms with Crippen molar-refractivity contribution in [1.82, 2.24) is 5.32 Å². The van der Waals surface area contributed by atoms with Crippen molar-refractivity contribution in [3.63, 3.8) is 0 Å². The molecule has 0 atom stereocenters. The molecule has 0 aromatic heterocycles. The number of rotatable bonds is 5. The summed E-state index contributed by atoms with van der Waals surface area (Å²) in [6, 6.07) is 6.79. The lowest BCUT2D eigenvalue weighted by atomic mass is 10.0. The molecule has 9 nitrogen and oxygen atoms in total. The van der Waals surface area contributed by atoms with Gasteiger partial charge in [-0.2, -0.15) is 0 Å². The Morgan fingerprint density at radius 1 is 1.13 bits per heavy atom. The van der Waals surface area contributed by atoms with Crippen molar-refractivity contribution < 1.29 is 24.0 Å². The largest absolute Gasteiger partial charge is 0.493 e. The first-order valence-electron chi connectivity index (χ1n) is 8.44. The Labute approximate surface area is 191 Å². The molecule has 2 aromatic carbocycles. The molecule has 0 bridgehead atoms. The predicted octanol–water partition coefficient (Wildman–Crippen LogP) is 3.75. The SMILES string of the molecule is COc1cc(/C=C2\C(=O)NC(=S)N(c3ccc(Cl)cc3Cl)C2=O)c([N+](=O)[O-])cc1OC. The topological polar surface area (TPSA) is 111 Å². The predicted molar refractivity (Wildman–Crippen MR) is 119 cm³/mol. The van der Waals surface area contributed by atoms with E-state index >= 15 is 0 Å². The van der Waals surface area contributed by atoms with Crippen molar-refractivity contribution in [2.75, 3.05) is 19.1 Å². The molecule has 2 amide bonds. The molecule has 1 fully saturated rings. The highest BCUT2D eigenvalue weighted by Gasteiger charge is 2.36. The van der Waals surface area contributed by atoms with E-state index in [4.69, 9.17) is 44.9 Å². The third-order valence-corrected chi connectivity index (χ3v) is 5.10. The number of nitrogens with one attached hydrogen (secondary N) is 1. The maximum absolute atomic E-state index is 13.1. The summed E-state index contributed by atoms with van der Waals surface area (Å²) < 4.78 is 10.2. The van der Waals surface area contributed by atoms with E-state index in [1.165, 1.54) is 38.5 Å². The summed E-state index contributed by atoms with van der Waals surface area (Å²) in [6.07, 6.45) is 1.08. The third-order valence-electron chi connectivity index (χ3n) is 4.28. The van der Waals surface area contributed by atoms with Crippen LogP contribution in [0, 0.1) is 10.1 Å². The Kier molecular flexibility index (Phi) is 6.44. The minimum absolute atomic E-state index is 0.0453. The van der Waals surface area contributed by atoms with Gasteiger partial charge in [-0.1, -0.05) is 23.2 Å². The standard InChI is InChI=1S/C19H13Cl2N3O6S/c1-29-15-6-9(14(24(27)28)8-16(15)30-2)5-11-17(25)22-19(31)23(18(11)26)13-4-3-10(20)7-12(13)21/h3-8H,1-2H3,(H,22,25,31)/b11-5+. The second-order valence-corrected chi connectivity index (χ2v) is 7.31. The number of ether oxygens (including phenoxy) is 2. The summed E-state index contributed by atoms with van der Waals surface area (Å²) in [4.78, 5) is 37.5. The van der Waals surface area contributed by atoms with Gasteiger partial charge >= 0.3 is 0 Å². The van der Waals surface area contributed by atoms with Crippen LogP contribution in [0.2, 0.25) is 10.0 Å². The number of carbonyl (C=O) groups excluding carboxylic acids is 2. The fourth-order valence-corrected chi connectivity index (χ4v) is 3.62. The first kappa shape index (κ1) is 22.5. The zero-order valence-electron chi connectivity index (χ0n) is 16.0. The first-order chi connectivity index (χ1) is 14.7. The Bertz CT molecular complexity index is 1170. The molecule has 0 radical (unpaired) electrons. The monoisotopic (exact) mass is 481 g/mol. The number of nitro groups is 1. The zero-order chi connectivity index (χ0) is 22.9. The molecule has 0 unspecified atom stereocenters. The van der Waals surface area contributed by atoms with Crippen LogP contribution >= 0.6 is 35.4 Å². The van der Waals surface area contributed by atoms with Gasteiger partial charge in [0.15, 0.2) is 16.6 Å². The van der Waals surface area contributed by atoms with E-state index in [2.05, 4.69) is 5.32 Å². The lowest BCUT2D eigenvalue weighted by Crippen LogP contribution is -2.54. The molecule has 31 heavy (non-hydrogen) atoms. The van der Waals surface area contributed by atoms with Crippen LogP contribution in [0.1, 0.15) is 5.56 Å². The molecule has 12 heteroatoms. The van der Waals surface area contributed by atoms with E-state index in [9.17, 15) is 19.7 Å². The number of thiocarbonyl (C=S) groups is 1. The summed E-state index contributed by atoms with van der Waals surface area (Å²) in [7, 11) is 2.67. The van der Waals surface area contributed by atoms with Gasteiger partial charge < -0.3 is 9.47 Å². The van der Waals surface area contributed by atoms with E-state index < -0.39 is 28.0 Å². The van der Waals surface area contributed by atoms with Gasteiger partial charge in [0.25, 0.3) is 17.5 Å². The van der Waals surface area contributed by atoms with E-state index in [0.717, 1.165) is 17.0 Å². The number of hydrogen-bond acceptors (Lipinski definition) is 7. The quantitative estimate of drug-likeness (QED) is 0.227. The Morgan fingerprint density at radius 2 is 1.77 bits per heavy atom. The summed E-state index contributed by atoms with van der Waals surface area (Å²) >= 11 is 17.2.